The third kappa shape index (κ3) is 3.99. The first-order valence-electron chi connectivity index (χ1n) is 5.91. The molecule has 0 bridgehead atoms. The van der Waals surface area contributed by atoms with Crippen molar-refractivity contribution in [3.8, 4) is 0 Å². The summed E-state index contributed by atoms with van der Waals surface area (Å²) in [4.78, 5) is 20.5. The maximum absolute atomic E-state index is 12.0. The summed E-state index contributed by atoms with van der Waals surface area (Å²) < 4.78 is 0. The summed E-state index contributed by atoms with van der Waals surface area (Å²) in [6.45, 7) is 2.03. The molecule has 0 saturated heterocycles. The summed E-state index contributed by atoms with van der Waals surface area (Å²) in [5, 5.41) is 8.52. The van der Waals surface area contributed by atoms with E-state index in [1.165, 1.54) is 11.3 Å². The van der Waals surface area contributed by atoms with Gasteiger partial charge in [0, 0.05) is 17.0 Å². The van der Waals surface area contributed by atoms with Gasteiger partial charge in [0.15, 0.2) is 0 Å². The van der Waals surface area contributed by atoms with Crippen LogP contribution >= 0.6 is 34.3 Å². The van der Waals surface area contributed by atoms with E-state index < -0.39 is 0 Å². The number of hydrogen-bond donors (Lipinski definition) is 1. The summed E-state index contributed by atoms with van der Waals surface area (Å²) >= 11 is 8.71. The minimum absolute atomic E-state index is 0.0139. The molecule has 7 heteroatoms. The largest absolute Gasteiger partial charge is 0.347 e. The summed E-state index contributed by atoms with van der Waals surface area (Å²) in [6, 6.07) is -0.0139. The number of amides is 1. The minimum Gasteiger partial charge on any atom is -0.347 e. The highest BCUT2D eigenvalue weighted by Gasteiger charge is 2.16. The number of nitrogens with zero attached hydrogens (tertiary/aromatic N) is 2. The van der Waals surface area contributed by atoms with Gasteiger partial charge in [-0.25, -0.2) is 9.97 Å². The summed E-state index contributed by atoms with van der Waals surface area (Å²) in [6.07, 6.45) is 2.87. The van der Waals surface area contributed by atoms with Crippen molar-refractivity contribution in [3.05, 3.63) is 32.7 Å². The van der Waals surface area contributed by atoms with Gasteiger partial charge < -0.3 is 5.32 Å². The lowest BCUT2D eigenvalue weighted by Gasteiger charge is -2.13. The first kappa shape index (κ1) is 14.4. The van der Waals surface area contributed by atoms with Crippen molar-refractivity contribution < 1.29 is 4.79 Å². The first-order chi connectivity index (χ1) is 9.22. The zero-order valence-electron chi connectivity index (χ0n) is 10.4. The lowest BCUT2D eigenvalue weighted by atomic mass is 10.2. The fourth-order valence-electron chi connectivity index (χ4n) is 1.62. The normalized spacial score (nSPS) is 12.3. The van der Waals surface area contributed by atoms with Crippen molar-refractivity contribution in [2.45, 2.75) is 31.7 Å². The van der Waals surface area contributed by atoms with Crippen LogP contribution in [0.25, 0.3) is 0 Å². The van der Waals surface area contributed by atoms with Crippen LogP contribution in [0.15, 0.2) is 17.0 Å². The molecule has 0 aliphatic rings. The van der Waals surface area contributed by atoms with Crippen molar-refractivity contribution in [2.24, 2.45) is 0 Å². The fraction of sp³-hybridized carbons (Fsp3) is 0.417. The maximum Gasteiger partial charge on any atom is 0.227 e. The Kier molecular flexibility index (Phi) is 5.30. The number of hydrogen-bond acceptors (Lipinski definition) is 5. The SMILES string of the molecule is CCC(NC(=O)Cc1nc(CCl)cs1)c1nccs1. The molecule has 19 heavy (non-hydrogen) atoms. The molecule has 0 radical (unpaired) electrons. The second kappa shape index (κ2) is 6.98. The Morgan fingerprint density at radius 1 is 1.53 bits per heavy atom. The number of carbonyl (C=O) groups is 1. The molecule has 2 rings (SSSR count). The van der Waals surface area contributed by atoms with Crippen LogP contribution in [0.4, 0.5) is 0 Å². The van der Waals surface area contributed by atoms with Gasteiger partial charge in [-0.15, -0.1) is 34.3 Å². The van der Waals surface area contributed by atoms with E-state index in [1.54, 1.807) is 17.5 Å². The number of thiazole rings is 2. The van der Waals surface area contributed by atoms with Crippen LogP contribution in [0, 0.1) is 0 Å². The van der Waals surface area contributed by atoms with Crippen LogP contribution in [0.1, 0.15) is 35.1 Å². The molecule has 2 heterocycles. The molecule has 0 aliphatic heterocycles. The summed E-state index contributed by atoms with van der Waals surface area (Å²) in [5.41, 5.74) is 0.821. The van der Waals surface area contributed by atoms with Crippen molar-refractivity contribution in [1.82, 2.24) is 15.3 Å². The monoisotopic (exact) mass is 315 g/mol. The van der Waals surface area contributed by atoms with Crippen molar-refractivity contribution in [2.75, 3.05) is 0 Å². The van der Waals surface area contributed by atoms with E-state index in [1.807, 2.05) is 17.7 Å². The highest BCUT2D eigenvalue weighted by atomic mass is 35.5. The van der Waals surface area contributed by atoms with Crippen LogP contribution in [0.3, 0.4) is 0 Å². The van der Waals surface area contributed by atoms with Gasteiger partial charge in [-0.05, 0) is 6.42 Å². The predicted octanol–water partition coefficient (Wildman–Crippen LogP) is 3.15. The summed E-state index contributed by atoms with van der Waals surface area (Å²) in [7, 11) is 0. The Labute approximate surface area is 124 Å². The predicted molar refractivity (Wildman–Crippen MR) is 78.7 cm³/mol. The average molecular weight is 316 g/mol. The lowest BCUT2D eigenvalue weighted by molar-refractivity contribution is -0.121. The topological polar surface area (TPSA) is 54.9 Å². The number of halogens is 1. The van der Waals surface area contributed by atoms with E-state index in [0.717, 1.165) is 22.1 Å². The van der Waals surface area contributed by atoms with Gasteiger partial charge in [0.2, 0.25) is 5.91 Å². The van der Waals surface area contributed by atoms with Crippen molar-refractivity contribution >= 4 is 40.2 Å². The molecular weight excluding hydrogens is 302 g/mol. The first-order valence-corrected chi connectivity index (χ1v) is 8.20. The quantitative estimate of drug-likeness (QED) is 0.833. The molecule has 1 amide bonds. The number of nitrogens with one attached hydrogen (secondary N) is 1. The molecule has 0 aromatic carbocycles. The van der Waals surface area contributed by atoms with E-state index in [2.05, 4.69) is 15.3 Å². The van der Waals surface area contributed by atoms with Crippen LogP contribution in [0.5, 0.6) is 0 Å². The third-order valence-electron chi connectivity index (χ3n) is 2.54. The Hall–Kier alpha value is -0.980. The van der Waals surface area contributed by atoms with Gasteiger partial charge in [0.05, 0.1) is 24.0 Å². The van der Waals surface area contributed by atoms with Gasteiger partial charge >= 0.3 is 0 Å². The van der Waals surface area contributed by atoms with Crippen molar-refractivity contribution in [1.29, 1.82) is 0 Å². The molecule has 102 valence electrons. The molecule has 2 aromatic rings. The van der Waals surface area contributed by atoms with Gasteiger partial charge in [0.25, 0.3) is 0 Å². The Morgan fingerprint density at radius 2 is 2.37 bits per heavy atom. The molecule has 0 spiro atoms. The minimum atomic E-state index is -0.0301. The Bertz CT molecular complexity index is 527. The fourth-order valence-corrected chi connectivity index (χ4v) is 3.41. The second-order valence-corrected chi connectivity index (χ2v) is 6.08. The highest BCUT2D eigenvalue weighted by Crippen LogP contribution is 2.19. The Morgan fingerprint density at radius 3 is 2.95 bits per heavy atom. The van der Waals surface area contributed by atoms with E-state index in [9.17, 15) is 4.79 Å². The molecule has 4 nitrogen and oxygen atoms in total. The van der Waals surface area contributed by atoms with Crippen LogP contribution < -0.4 is 5.32 Å². The zero-order chi connectivity index (χ0) is 13.7. The third-order valence-corrected chi connectivity index (χ3v) is 4.60. The molecular formula is C12H14ClN3OS2. The molecule has 1 unspecified atom stereocenters. The van der Waals surface area contributed by atoms with Gasteiger partial charge in [-0.1, -0.05) is 6.92 Å². The lowest BCUT2D eigenvalue weighted by Crippen LogP contribution is -2.29. The smallest absolute Gasteiger partial charge is 0.227 e. The molecule has 0 fully saturated rings. The van der Waals surface area contributed by atoms with E-state index in [0.29, 0.717) is 12.3 Å². The maximum atomic E-state index is 12.0. The van der Waals surface area contributed by atoms with Gasteiger partial charge in [-0.2, -0.15) is 0 Å². The molecule has 0 aliphatic carbocycles. The number of rotatable bonds is 6. The highest BCUT2D eigenvalue weighted by molar-refractivity contribution is 7.10. The summed E-state index contributed by atoms with van der Waals surface area (Å²) in [5.74, 6) is 0.354. The standard InChI is InChI=1S/C12H14ClN3OS2/c1-2-9(12-14-3-4-18-12)16-10(17)5-11-15-8(6-13)7-19-11/h3-4,7,9H,2,5-6H2,1H3,(H,16,17). The van der Waals surface area contributed by atoms with Crippen LogP contribution in [-0.2, 0) is 17.1 Å². The van der Waals surface area contributed by atoms with Gasteiger partial charge in [0.1, 0.15) is 10.0 Å². The number of alkyl halides is 1. The zero-order valence-corrected chi connectivity index (χ0v) is 12.8. The number of aromatic nitrogens is 2. The molecule has 0 saturated carbocycles. The van der Waals surface area contributed by atoms with E-state index in [4.69, 9.17) is 11.6 Å². The Balaban J connectivity index is 1.93. The number of carbonyl (C=O) groups excluding carboxylic acids is 1. The van der Waals surface area contributed by atoms with Gasteiger partial charge in [-0.3, -0.25) is 4.79 Å². The molecule has 1 atom stereocenters. The van der Waals surface area contributed by atoms with E-state index in [-0.39, 0.29) is 11.9 Å². The average Bonchev–Trinajstić information content (AvgIpc) is 3.06. The van der Waals surface area contributed by atoms with Crippen molar-refractivity contribution in [3.63, 3.8) is 0 Å². The second-order valence-electron chi connectivity index (χ2n) is 3.94. The van der Waals surface area contributed by atoms with Crippen LogP contribution in [-0.4, -0.2) is 15.9 Å². The van der Waals surface area contributed by atoms with E-state index >= 15 is 0 Å². The van der Waals surface area contributed by atoms with Crippen LogP contribution in [0.2, 0.25) is 0 Å². The molecule has 2 aromatic heterocycles. The molecule has 1 N–H and O–H groups in total.